The summed E-state index contributed by atoms with van der Waals surface area (Å²) in [7, 11) is 0. The van der Waals surface area contributed by atoms with Gasteiger partial charge in [-0.15, -0.1) is 0 Å². The molecule has 2 aromatic carbocycles. The lowest BCUT2D eigenvalue weighted by atomic mass is 10.1. The van der Waals surface area contributed by atoms with Crippen LogP contribution in [0.15, 0.2) is 48.5 Å². The first-order chi connectivity index (χ1) is 9.86. The molecule has 21 heavy (non-hydrogen) atoms. The van der Waals surface area contributed by atoms with Crippen LogP contribution >= 0.6 is 0 Å². The minimum absolute atomic E-state index is 0.0487. The Morgan fingerprint density at radius 2 is 1.57 bits per heavy atom. The lowest BCUT2D eigenvalue weighted by molar-refractivity contribution is -0.137. The minimum atomic E-state index is -4.37. The van der Waals surface area contributed by atoms with E-state index in [1.807, 2.05) is 0 Å². The van der Waals surface area contributed by atoms with Crippen molar-refractivity contribution in [1.82, 2.24) is 0 Å². The summed E-state index contributed by atoms with van der Waals surface area (Å²) in [5, 5.41) is 0. The lowest BCUT2D eigenvalue weighted by Gasteiger charge is -2.05. The van der Waals surface area contributed by atoms with Crippen LogP contribution in [0.4, 0.5) is 13.2 Å². The molecule has 2 rings (SSSR count). The molecular formula is C17H11F3O. The fourth-order valence-electron chi connectivity index (χ4n) is 1.71. The zero-order chi connectivity index (χ0) is 15.5. The van der Waals surface area contributed by atoms with Gasteiger partial charge >= 0.3 is 6.18 Å². The first kappa shape index (κ1) is 14.9. The molecule has 4 heteroatoms. The fourth-order valence-corrected chi connectivity index (χ4v) is 1.71. The van der Waals surface area contributed by atoms with E-state index in [1.165, 1.54) is 19.1 Å². The zero-order valence-electron chi connectivity index (χ0n) is 11.2. The van der Waals surface area contributed by atoms with Crippen LogP contribution in [-0.4, -0.2) is 5.78 Å². The molecule has 0 aliphatic carbocycles. The molecule has 2 aromatic rings. The monoisotopic (exact) mass is 288 g/mol. The highest BCUT2D eigenvalue weighted by Crippen LogP contribution is 2.29. The standard InChI is InChI=1S/C17H11F3O/c1-12(21)15-9-7-13(8-10-15)5-6-14-3-2-4-16(11-14)17(18,19)20/h2-4,7-11H,1H3. The number of alkyl halides is 3. The number of carbonyl (C=O) groups is 1. The van der Waals surface area contributed by atoms with E-state index in [1.54, 1.807) is 24.3 Å². The number of hydrogen-bond acceptors (Lipinski definition) is 1. The maximum absolute atomic E-state index is 12.6. The lowest BCUT2D eigenvalue weighted by Crippen LogP contribution is -2.04. The molecule has 0 aliphatic rings. The molecule has 0 fully saturated rings. The molecule has 0 heterocycles. The molecule has 106 valence electrons. The Labute approximate surface area is 120 Å². The van der Waals surface area contributed by atoms with Crippen LogP contribution in [-0.2, 0) is 6.18 Å². The minimum Gasteiger partial charge on any atom is -0.295 e. The Balaban J connectivity index is 2.25. The van der Waals surface area contributed by atoms with Crippen molar-refractivity contribution >= 4 is 5.78 Å². The van der Waals surface area contributed by atoms with E-state index in [-0.39, 0.29) is 5.78 Å². The number of ketones is 1. The van der Waals surface area contributed by atoms with Gasteiger partial charge in [-0.2, -0.15) is 13.2 Å². The first-order valence-corrected chi connectivity index (χ1v) is 6.16. The van der Waals surface area contributed by atoms with Gasteiger partial charge in [-0.3, -0.25) is 4.79 Å². The van der Waals surface area contributed by atoms with Crippen molar-refractivity contribution in [3.63, 3.8) is 0 Å². The van der Waals surface area contributed by atoms with E-state index in [0.717, 1.165) is 12.1 Å². The quantitative estimate of drug-likeness (QED) is 0.564. The molecule has 0 amide bonds. The Morgan fingerprint density at radius 3 is 2.14 bits per heavy atom. The van der Waals surface area contributed by atoms with Crippen LogP contribution in [0.3, 0.4) is 0 Å². The summed E-state index contributed by atoms with van der Waals surface area (Å²) in [6.07, 6.45) is -4.37. The summed E-state index contributed by atoms with van der Waals surface area (Å²) < 4.78 is 37.7. The fraction of sp³-hybridized carbons (Fsp3) is 0.118. The average Bonchev–Trinajstić information content (AvgIpc) is 2.45. The molecule has 0 radical (unpaired) electrons. The number of rotatable bonds is 1. The summed E-state index contributed by atoms with van der Waals surface area (Å²) >= 11 is 0. The number of hydrogen-bond donors (Lipinski definition) is 0. The van der Waals surface area contributed by atoms with Crippen molar-refractivity contribution in [2.24, 2.45) is 0 Å². The van der Waals surface area contributed by atoms with Gasteiger partial charge in [-0.1, -0.05) is 30.0 Å². The van der Waals surface area contributed by atoms with Gasteiger partial charge in [0.05, 0.1) is 5.56 Å². The van der Waals surface area contributed by atoms with Crippen LogP contribution in [0, 0.1) is 11.8 Å². The van der Waals surface area contributed by atoms with Gasteiger partial charge < -0.3 is 0 Å². The molecule has 0 saturated heterocycles. The predicted molar refractivity (Wildman–Crippen MR) is 73.9 cm³/mol. The van der Waals surface area contributed by atoms with Crippen molar-refractivity contribution < 1.29 is 18.0 Å². The summed E-state index contributed by atoms with van der Waals surface area (Å²) in [5.41, 5.74) is 0.777. The van der Waals surface area contributed by atoms with Crippen LogP contribution in [0.25, 0.3) is 0 Å². The Morgan fingerprint density at radius 1 is 0.952 bits per heavy atom. The third kappa shape index (κ3) is 3.96. The number of benzene rings is 2. The van der Waals surface area contributed by atoms with Gasteiger partial charge in [0.2, 0.25) is 0 Å². The molecule has 0 atom stereocenters. The number of Topliss-reactive ketones (excluding diaryl/α,β-unsaturated/α-hetero) is 1. The summed E-state index contributed by atoms with van der Waals surface area (Å²) in [6, 6.07) is 11.5. The molecule has 0 unspecified atom stereocenters. The summed E-state index contributed by atoms with van der Waals surface area (Å²) in [4.78, 5) is 11.1. The van der Waals surface area contributed by atoms with Gasteiger partial charge in [0.1, 0.15) is 0 Å². The molecule has 0 bridgehead atoms. The van der Waals surface area contributed by atoms with E-state index >= 15 is 0 Å². The van der Waals surface area contributed by atoms with E-state index < -0.39 is 11.7 Å². The first-order valence-electron chi connectivity index (χ1n) is 6.16. The van der Waals surface area contributed by atoms with Crippen molar-refractivity contribution in [1.29, 1.82) is 0 Å². The summed E-state index contributed by atoms with van der Waals surface area (Å²) in [5.74, 6) is 5.42. The number of carbonyl (C=O) groups excluding carboxylic acids is 1. The molecule has 0 aliphatic heterocycles. The SMILES string of the molecule is CC(=O)c1ccc(C#Cc2cccc(C(F)(F)F)c2)cc1. The second kappa shape index (κ2) is 5.84. The smallest absolute Gasteiger partial charge is 0.295 e. The molecular weight excluding hydrogens is 277 g/mol. The van der Waals surface area contributed by atoms with E-state index in [9.17, 15) is 18.0 Å². The van der Waals surface area contributed by atoms with Crippen LogP contribution in [0.1, 0.15) is 34.0 Å². The molecule has 0 saturated carbocycles. The maximum atomic E-state index is 12.6. The Kier molecular flexibility index (Phi) is 4.13. The largest absolute Gasteiger partial charge is 0.416 e. The van der Waals surface area contributed by atoms with E-state index in [2.05, 4.69) is 11.8 Å². The van der Waals surface area contributed by atoms with Crippen LogP contribution in [0.2, 0.25) is 0 Å². The average molecular weight is 288 g/mol. The van der Waals surface area contributed by atoms with Gasteiger partial charge in [0, 0.05) is 16.7 Å². The highest BCUT2D eigenvalue weighted by Gasteiger charge is 2.30. The molecule has 0 spiro atoms. The molecule has 0 N–H and O–H groups in total. The maximum Gasteiger partial charge on any atom is 0.416 e. The van der Waals surface area contributed by atoms with Gasteiger partial charge in [0.25, 0.3) is 0 Å². The zero-order valence-corrected chi connectivity index (χ0v) is 11.2. The Bertz CT molecular complexity index is 716. The van der Waals surface area contributed by atoms with E-state index in [4.69, 9.17) is 0 Å². The van der Waals surface area contributed by atoms with E-state index in [0.29, 0.717) is 16.7 Å². The third-order valence-corrected chi connectivity index (χ3v) is 2.83. The van der Waals surface area contributed by atoms with Crippen molar-refractivity contribution in [2.45, 2.75) is 13.1 Å². The van der Waals surface area contributed by atoms with Gasteiger partial charge in [0.15, 0.2) is 5.78 Å². The van der Waals surface area contributed by atoms with Crippen LogP contribution in [0.5, 0.6) is 0 Å². The second-order valence-electron chi connectivity index (χ2n) is 4.46. The number of halogens is 3. The van der Waals surface area contributed by atoms with Gasteiger partial charge in [-0.25, -0.2) is 0 Å². The molecule has 1 nitrogen and oxygen atoms in total. The third-order valence-electron chi connectivity index (χ3n) is 2.83. The van der Waals surface area contributed by atoms with Crippen molar-refractivity contribution in [2.75, 3.05) is 0 Å². The van der Waals surface area contributed by atoms with Gasteiger partial charge in [-0.05, 0) is 37.3 Å². The normalized spacial score (nSPS) is 10.7. The highest BCUT2D eigenvalue weighted by molar-refractivity contribution is 5.94. The highest BCUT2D eigenvalue weighted by atomic mass is 19.4. The van der Waals surface area contributed by atoms with Crippen molar-refractivity contribution in [3.05, 3.63) is 70.8 Å². The molecule has 0 aromatic heterocycles. The topological polar surface area (TPSA) is 17.1 Å². The second-order valence-corrected chi connectivity index (χ2v) is 4.46. The summed E-state index contributed by atoms with van der Waals surface area (Å²) in [6.45, 7) is 1.46. The Hall–Kier alpha value is -2.54. The van der Waals surface area contributed by atoms with Crippen LogP contribution < -0.4 is 0 Å². The predicted octanol–water partition coefficient (Wildman–Crippen LogP) is 4.31. The van der Waals surface area contributed by atoms with Crippen molar-refractivity contribution in [3.8, 4) is 11.8 Å².